The van der Waals surface area contributed by atoms with Gasteiger partial charge in [-0.15, -0.1) is 0 Å². The summed E-state index contributed by atoms with van der Waals surface area (Å²) in [6.07, 6.45) is 9.86. The Morgan fingerprint density at radius 2 is 1.62 bits per heavy atom. The van der Waals surface area contributed by atoms with Crippen molar-refractivity contribution in [3.8, 4) is 0 Å². The van der Waals surface area contributed by atoms with Crippen LogP contribution in [-0.4, -0.2) is 73.6 Å². The van der Waals surface area contributed by atoms with Crippen molar-refractivity contribution in [2.45, 2.75) is 90.3 Å². The molecule has 0 aromatic rings. The monoisotopic (exact) mass is 438 g/mol. The fourth-order valence-electron chi connectivity index (χ4n) is 3.03. The topological polar surface area (TPSA) is 85.2 Å². The Morgan fingerprint density at radius 3 is 2.21 bits per heavy atom. The molecule has 8 heteroatoms. The summed E-state index contributed by atoms with van der Waals surface area (Å²) in [6, 6.07) is 0. The average Bonchev–Trinajstić information content (AvgIpc) is 2.58. The Balaban J connectivity index is 3.71. The molecule has 0 rings (SSSR count). The number of ether oxygens (including phenoxy) is 1. The van der Waals surface area contributed by atoms with E-state index in [9.17, 15) is 9.69 Å². The van der Waals surface area contributed by atoms with Crippen molar-refractivity contribution >= 4 is 14.6 Å². The van der Waals surface area contributed by atoms with Gasteiger partial charge < -0.3 is 28.3 Å². The number of nitrogens with zero attached hydrogens (tertiary/aromatic N) is 1. The number of hydrogen-bond donors (Lipinski definition) is 2. The van der Waals surface area contributed by atoms with Gasteiger partial charge in [-0.2, -0.15) is 0 Å². The molecule has 0 bridgehead atoms. The van der Waals surface area contributed by atoms with Crippen LogP contribution in [-0.2, 0) is 18.6 Å². The second-order valence-corrected chi connectivity index (χ2v) is 9.76. The second kappa shape index (κ2) is 17.4. The van der Waals surface area contributed by atoms with Crippen LogP contribution in [0.2, 0.25) is 0 Å². The summed E-state index contributed by atoms with van der Waals surface area (Å²) in [5.41, 5.74) is 0. The van der Waals surface area contributed by atoms with Crippen molar-refractivity contribution in [2.24, 2.45) is 0 Å². The van der Waals surface area contributed by atoms with Crippen molar-refractivity contribution in [2.75, 3.05) is 40.9 Å². The second-order valence-electron chi connectivity index (χ2n) is 8.81. The molecule has 0 amide bonds. The van der Waals surface area contributed by atoms with Crippen LogP contribution in [0.15, 0.2) is 0 Å². The smallest absolute Gasteiger partial charge is 0.330 e. The predicted molar refractivity (Wildman–Crippen MR) is 118 cm³/mol. The first-order chi connectivity index (χ1) is 13.6. The normalized spacial score (nSPS) is 15.2. The minimum Gasteiger partial charge on any atom is -0.481 e. The minimum atomic E-state index is -2.05. The molecule has 7 nitrogen and oxygen atoms in total. The fraction of sp³-hybridized carbons (Fsp3) is 0.952. The zero-order valence-electron chi connectivity index (χ0n) is 19.3. The summed E-state index contributed by atoms with van der Waals surface area (Å²) in [5.74, 6) is -0.940. The fourth-order valence-corrected chi connectivity index (χ4v) is 3.77. The summed E-state index contributed by atoms with van der Waals surface area (Å²) >= 11 is 0. The molecule has 0 fully saturated rings. The molecule has 3 atom stereocenters. The van der Waals surface area contributed by atoms with Gasteiger partial charge in [-0.3, -0.25) is 4.79 Å². The third-order valence-electron chi connectivity index (χ3n) is 4.50. The Kier molecular flexibility index (Phi) is 17.2. The molecule has 0 aromatic heterocycles. The number of unbranched alkanes of at least 4 members (excludes halogenated alkanes) is 6. The number of carboxylic acid groups (broad SMARTS) is 1. The molecule has 0 spiro atoms. The first-order valence-electron chi connectivity index (χ1n) is 11.1. The van der Waals surface area contributed by atoms with Gasteiger partial charge in [0, 0.05) is 6.61 Å². The Labute approximate surface area is 179 Å². The molecule has 0 aliphatic carbocycles. The first kappa shape index (κ1) is 28.7. The lowest BCUT2D eigenvalue weighted by atomic mass is 10.1. The summed E-state index contributed by atoms with van der Waals surface area (Å²) in [7, 11) is 3.82. The first-order valence-corrected chi connectivity index (χ1v) is 12.2. The maximum atomic E-state index is 11.0. The van der Waals surface area contributed by atoms with E-state index >= 15 is 0 Å². The van der Waals surface area contributed by atoms with Crippen LogP contribution < -0.4 is 0 Å². The molecule has 0 aliphatic heterocycles. The molecule has 0 aromatic carbocycles. The summed E-state index contributed by atoms with van der Waals surface area (Å²) in [6.45, 7) is 6.09. The van der Waals surface area contributed by atoms with Gasteiger partial charge in [0.1, 0.15) is 12.6 Å². The zero-order valence-corrected chi connectivity index (χ0v) is 20.2. The average molecular weight is 439 g/mol. The molecule has 0 saturated carbocycles. The molecule has 0 aliphatic rings. The van der Waals surface area contributed by atoms with Gasteiger partial charge in [0.15, 0.2) is 0 Å². The van der Waals surface area contributed by atoms with Crippen LogP contribution in [0.25, 0.3) is 0 Å². The van der Waals surface area contributed by atoms with Crippen LogP contribution >= 0.6 is 8.60 Å². The van der Waals surface area contributed by atoms with E-state index in [0.717, 1.165) is 38.7 Å². The number of quaternary nitrogens is 1. The zero-order chi connectivity index (χ0) is 22.1. The molecular weight excluding hydrogens is 393 g/mol. The molecule has 0 radical (unpaired) electrons. The van der Waals surface area contributed by atoms with Crippen molar-refractivity contribution in [3.05, 3.63) is 0 Å². The van der Waals surface area contributed by atoms with E-state index in [2.05, 4.69) is 13.8 Å². The van der Waals surface area contributed by atoms with Gasteiger partial charge in [-0.05, 0) is 26.2 Å². The van der Waals surface area contributed by atoms with E-state index in [1.54, 1.807) is 0 Å². The largest absolute Gasteiger partial charge is 0.481 e. The van der Waals surface area contributed by atoms with Gasteiger partial charge in [-0.25, -0.2) is 0 Å². The quantitative estimate of drug-likeness (QED) is 0.162. The molecule has 29 heavy (non-hydrogen) atoms. The van der Waals surface area contributed by atoms with Crippen LogP contribution in [0, 0.1) is 0 Å². The van der Waals surface area contributed by atoms with Crippen molar-refractivity contribution < 1.29 is 33.1 Å². The molecular formula is C21H45NO6P+. The highest BCUT2D eigenvalue weighted by Gasteiger charge is 2.25. The third kappa shape index (κ3) is 20.7. The van der Waals surface area contributed by atoms with Gasteiger partial charge >= 0.3 is 14.6 Å². The van der Waals surface area contributed by atoms with Gasteiger partial charge in [0.05, 0.1) is 40.3 Å². The SMILES string of the molecule is CCCCCCC(C)OCCCCCCO[P@@](O)OC(CC(=O)O)C[N+](C)(C)C. The molecule has 0 saturated heterocycles. The van der Waals surface area contributed by atoms with E-state index in [0.29, 0.717) is 23.7 Å². The van der Waals surface area contributed by atoms with E-state index in [4.69, 9.17) is 18.9 Å². The third-order valence-corrected chi connectivity index (χ3v) is 5.38. The lowest BCUT2D eigenvalue weighted by Gasteiger charge is -2.29. The number of aliphatic carboxylic acids is 1. The standard InChI is InChI=1S/C21H44NO6P/c1-6-7-8-11-14-19(2)26-15-12-9-10-13-16-27-29(25)28-20(17-21(23)24)18-22(3,4)5/h19-20,25H,6-18H2,1-5H3/p+1/t19?,20?,29-/m1/s1. The molecule has 0 heterocycles. The lowest BCUT2D eigenvalue weighted by Crippen LogP contribution is -2.42. The Hall–Kier alpha value is -0.300. The molecule has 2 N–H and O–H groups in total. The van der Waals surface area contributed by atoms with Crippen LogP contribution in [0.1, 0.15) is 78.1 Å². The van der Waals surface area contributed by atoms with Crippen LogP contribution in [0.5, 0.6) is 0 Å². The van der Waals surface area contributed by atoms with Crippen molar-refractivity contribution in [3.63, 3.8) is 0 Å². The van der Waals surface area contributed by atoms with Gasteiger partial charge in [0.25, 0.3) is 0 Å². The number of rotatable bonds is 20. The molecule has 174 valence electrons. The Morgan fingerprint density at radius 1 is 1.00 bits per heavy atom. The maximum Gasteiger partial charge on any atom is 0.330 e. The van der Waals surface area contributed by atoms with E-state index in [1.165, 1.54) is 25.7 Å². The number of carboxylic acids is 1. The van der Waals surface area contributed by atoms with Crippen LogP contribution in [0.3, 0.4) is 0 Å². The number of likely N-dealkylation sites (N-methyl/N-ethyl adjacent to an activating group) is 1. The lowest BCUT2D eigenvalue weighted by molar-refractivity contribution is -0.873. The van der Waals surface area contributed by atoms with E-state index < -0.39 is 20.7 Å². The van der Waals surface area contributed by atoms with E-state index in [-0.39, 0.29) is 6.42 Å². The van der Waals surface area contributed by atoms with Crippen molar-refractivity contribution in [1.82, 2.24) is 0 Å². The number of hydrogen-bond acceptors (Lipinski definition) is 5. The highest BCUT2D eigenvalue weighted by atomic mass is 31.2. The van der Waals surface area contributed by atoms with E-state index in [1.807, 2.05) is 21.1 Å². The minimum absolute atomic E-state index is 0.144. The summed E-state index contributed by atoms with van der Waals surface area (Å²) in [5, 5.41) is 9.00. The number of carbonyl (C=O) groups is 1. The van der Waals surface area contributed by atoms with Gasteiger partial charge in [-0.1, -0.05) is 45.4 Å². The highest BCUT2D eigenvalue weighted by Crippen LogP contribution is 2.36. The van der Waals surface area contributed by atoms with Crippen molar-refractivity contribution in [1.29, 1.82) is 0 Å². The summed E-state index contributed by atoms with van der Waals surface area (Å²) in [4.78, 5) is 20.9. The predicted octanol–water partition coefficient (Wildman–Crippen LogP) is 4.72. The summed E-state index contributed by atoms with van der Waals surface area (Å²) < 4.78 is 17.2. The van der Waals surface area contributed by atoms with Crippen LogP contribution in [0.4, 0.5) is 0 Å². The highest BCUT2D eigenvalue weighted by molar-refractivity contribution is 7.40. The van der Waals surface area contributed by atoms with Gasteiger partial charge in [0.2, 0.25) is 0 Å². The Bertz CT molecular complexity index is 405. The maximum absolute atomic E-state index is 11.0. The molecule has 2 unspecified atom stereocenters.